The molecule has 2 heterocycles. The lowest BCUT2D eigenvalue weighted by Crippen LogP contribution is -2.44. The van der Waals surface area contributed by atoms with Crippen molar-refractivity contribution < 1.29 is 9.53 Å². The van der Waals surface area contributed by atoms with Gasteiger partial charge in [0.1, 0.15) is 0 Å². The number of amides is 1. The third-order valence-electron chi connectivity index (χ3n) is 3.04. The fraction of sp³-hybridized carbons (Fsp3) is 0.909. The van der Waals surface area contributed by atoms with Gasteiger partial charge in [0.25, 0.3) is 0 Å². The normalized spacial score (nSPS) is 34.2. The summed E-state index contributed by atoms with van der Waals surface area (Å²) >= 11 is 0. The van der Waals surface area contributed by atoms with E-state index in [2.05, 4.69) is 10.2 Å². The summed E-state index contributed by atoms with van der Waals surface area (Å²) in [6.45, 7) is 8.03. The third kappa shape index (κ3) is 2.43. The molecule has 0 aromatic rings. The van der Waals surface area contributed by atoms with E-state index in [0.717, 1.165) is 13.1 Å². The molecule has 86 valence electrons. The van der Waals surface area contributed by atoms with Crippen molar-refractivity contribution in [1.29, 1.82) is 0 Å². The van der Waals surface area contributed by atoms with Gasteiger partial charge >= 0.3 is 6.09 Å². The van der Waals surface area contributed by atoms with Gasteiger partial charge in [-0.25, -0.2) is 4.79 Å². The van der Waals surface area contributed by atoms with Crippen LogP contribution in [-0.4, -0.2) is 35.8 Å². The summed E-state index contributed by atoms with van der Waals surface area (Å²) in [5, 5.41) is 2.83. The van der Waals surface area contributed by atoms with Gasteiger partial charge < -0.3 is 10.1 Å². The third-order valence-corrected chi connectivity index (χ3v) is 3.04. The number of alkyl carbamates (subject to hydrolysis) is 1. The van der Waals surface area contributed by atoms with Crippen molar-refractivity contribution in [2.45, 2.75) is 45.4 Å². The second-order valence-corrected chi connectivity index (χ2v) is 5.54. The molecule has 15 heavy (non-hydrogen) atoms. The number of nitrogens with zero attached hydrogens (tertiary/aromatic N) is 1. The first-order valence-corrected chi connectivity index (χ1v) is 5.68. The Kier molecular flexibility index (Phi) is 2.63. The maximum Gasteiger partial charge on any atom is 0.409 e. The van der Waals surface area contributed by atoms with Crippen LogP contribution in [-0.2, 0) is 4.74 Å². The van der Waals surface area contributed by atoms with E-state index in [-0.39, 0.29) is 17.9 Å². The van der Waals surface area contributed by atoms with Crippen LogP contribution in [0.25, 0.3) is 0 Å². The number of hydrogen-bond acceptors (Lipinski definition) is 3. The molecule has 1 N–H and O–H groups in total. The fourth-order valence-corrected chi connectivity index (χ4v) is 2.37. The van der Waals surface area contributed by atoms with E-state index in [4.69, 9.17) is 4.74 Å². The van der Waals surface area contributed by atoms with Gasteiger partial charge in [0.15, 0.2) is 6.23 Å². The fourth-order valence-electron chi connectivity index (χ4n) is 2.37. The van der Waals surface area contributed by atoms with E-state index in [1.807, 2.05) is 20.8 Å². The molecule has 4 heteroatoms. The van der Waals surface area contributed by atoms with Gasteiger partial charge in [-0.05, 0) is 33.6 Å². The van der Waals surface area contributed by atoms with Crippen LogP contribution < -0.4 is 5.32 Å². The molecular weight excluding hydrogens is 192 g/mol. The minimum absolute atomic E-state index is 0.0346. The highest BCUT2D eigenvalue weighted by molar-refractivity contribution is 5.68. The van der Waals surface area contributed by atoms with E-state index in [1.54, 1.807) is 0 Å². The molecule has 0 spiro atoms. The number of piperidine rings is 1. The summed E-state index contributed by atoms with van der Waals surface area (Å²) in [5.41, 5.74) is -0.218. The van der Waals surface area contributed by atoms with E-state index in [1.165, 1.54) is 12.8 Å². The van der Waals surface area contributed by atoms with Crippen molar-refractivity contribution in [3.8, 4) is 0 Å². The molecule has 2 saturated heterocycles. The number of rotatable bonds is 1. The maximum absolute atomic E-state index is 11.6. The molecule has 0 aromatic carbocycles. The standard InChI is InChI=1S/C11H20N2O2/c1-11(2,3)12-10(14)15-9-8-4-6-13(9)7-5-8/h8-9H,4-7H2,1-3H3,(H,12,14). The van der Waals surface area contributed by atoms with Crippen LogP contribution in [0.3, 0.4) is 0 Å². The second-order valence-electron chi connectivity index (χ2n) is 5.54. The number of nitrogens with one attached hydrogen (secondary N) is 1. The van der Waals surface area contributed by atoms with E-state index < -0.39 is 0 Å². The molecule has 1 amide bonds. The number of carbonyl (C=O) groups is 1. The zero-order valence-corrected chi connectivity index (χ0v) is 9.75. The van der Waals surface area contributed by atoms with Crippen LogP contribution in [0.4, 0.5) is 4.79 Å². The van der Waals surface area contributed by atoms with Gasteiger partial charge in [0.2, 0.25) is 0 Å². The number of hydrogen-bond donors (Lipinski definition) is 1. The van der Waals surface area contributed by atoms with E-state index in [0.29, 0.717) is 5.92 Å². The highest BCUT2D eigenvalue weighted by Crippen LogP contribution is 2.34. The van der Waals surface area contributed by atoms with Crippen molar-refractivity contribution >= 4 is 6.09 Å². The topological polar surface area (TPSA) is 41.6 Å². The van der Waals surface area contributed by atoms with E-state index in [9.17, 15) is 4.79 Å². The van der Waals surface area contributed by atoms with Crippen LogP contribution in [0.15, 0.2) is 0 Å². The second kappa shape index (κ2) is 3.67. The highest BCUT2D eigenvalue weighted by Gasteiger charge is 2.42. The maximum atomic E-state index is 11.6. The Balaban J connectivity index is 1.85. The molecule has 0 aliphatic carbocycles. The molecule has 4 nitrogen and oxygen atoms in total. The van der Waals surface area contributed by atoms with E-state index >= 15 is 0 Å². The minimum atomic E-state index is -0.286. The largest absolute Gasteiger partial charge is 0.430 e. The Morgan fingerprint density at radius 2 is 1.93 bits per heavy atom. The first-order valence-electron chi connectivity index (χ1n) is 5.68. The smallest absolute Gasteiger partial charge is 0.409 e. The Bertz CT molecular complexity index is 240. The Morgan fingerprint density at radius 1 is 1.33 bits per heavy atom. The summed E-state index contributed by atoms with van der Waals surface area (Å²) in [7, 11) is 0. The zero-order chi connectivity index (χ0) is 11.1. The Labute approximate surface area is 91.0 Å². The first kappa shape index (κ1) is 10.7. The SMILES string of the molecule is CC(C)(C)NC(=O)OC1C2CCN1CC2. The minimum Gasteiger partial charge on any atom is -0.430 e. The number of carbonyl (C=O) groups excluding carboxylic acids is 1. The van der Waals surface area contributed by atoms with Crippen molar-refractivity contribution in [1.82, 2.24) is 10.2 Å². The molecule has 0 radical (unpaired) electrons. The van der Waals surface area contributed by atoms with Crippen molar-refractivity contribution in [3.05, 3.63) is 0 Å². The summed E-state index contributed by atoms with van der Waals surface area (Å²) in [6, 6.07) is 0. The summed E-state index contributed by atoms with van der Waals surface area (Å²) in [4.78, 5) is 13.8. The predicted molar refractivity (Wildman–Crippen MR) is 57.5 cm³/mol. The van der Waals surface area contributed by atoms with Gasteiger partial charge in [-0.2, -0.15) is 0 Å². The lowest BCUT2D eigenvalue weighted by atomic mass is 10.1. The van der Waals surface area contributed by atoms with Crippen LogP contribution in [0.2, 0.25) is 0 Å². The van der Waals surface area contributed by atoms with Gasteiger partial charge in [-0.1, -0.05) is 0 Å². The predicted octanol–water partition coefficient (Wildman–Crippen LogP) is 1.56. The van der Waals surface area contributed by atoms with Crippen LogP contribution in [0, 0.1) is 5.92 Å². The summed E-state index contributed by atoms with van der Waals surface area (Å²) in [5.74, 6) is 0.565. The van der Waals surface area contributed by atoms with Gasteiger partial charge in [0, 0.05) is 24.5 Å². The molecule has 1 atom stereocenters. The van der Waals surface area contributed by atoms with Crippen molar-refractivity contribution in [2.24, 2.45) is 5.92 Å². The number of ether oxygens (including phenoxy) is 1. The molecule has 2 fully saturated rings. The molecule has 2 rings (SSSR count). The molecule has 2 bridgehead atoms. The average molecular weight is 212 g/mol. The first-order chi connectivity index (χ1) is 6.96. The Morgan fingerprint density at radius 3 is 2.33 bits per heavy atom. The van der Waals surface area contributed by atoms with Crippen LogP contribution >= 0.6 is 0 Å². The molecular formula is C11H20N2O2. The average Bonchev–Trinajstić information content (AvgIpc) is 2.61. The molecule has 0 saturated carbocycles. The summed E-state index contributed by atoms with van der Waals surface area (Å²) < 4.78 is 5.45. The van der Waals surface area contributed by atoms with Gasteiger partial charge in [0.05, 0.1) is 0 Å². The van der Waals surface area contributed by atoms with Gasteiger partial charge in [-0.3, -0.25) is 4.90 Å². The quantitative estimate of drug-likeness (QED) is 0.717. The van der Waals surface area contributed by atoms with Crippen LogP contribution in [0.1, 0.15) is 33.6 Å². The molecule has 0 aromatic heterocycles. The van der Waals surface area contributed by atoms with Crippen LogP contribution in [0.5, 0.6) is 0 Å². The van der Waals surface area contributed by atoms with Crippen molar-refractivity contribution in [2.75, 3.05) is 13.1 Å². The Hall–Kier alpha value is -0.770. The van der Waals surface area contributed by atoms with Gasteiger partial charge in [-0.15, -0.1) is 0 Å². The lowest BCUT2D eigenvalue weighted by molar-refractivity contribution is 0.0194. The molecule has 1 unspecified atom stereocenters. The molecule has 2 aliphatic rings. The summed E-state index contributed by atoms with van der Waals surface area (Å²) in [6.07, 6.45) is 2.10. The molecule has 2 aliphatic heterocycles. The zero-order valence-electron chi connectivity index (χ0n) is 9.75. The highest BCUT2D eigenvalue weighted by atomic mass is 16.6. The monoisotopic (exact) mass is 212 g/mol. The lowest BCUT2D eigenvalue weighted by Gasteiger charge is -2.24. The van der Waals surface area contributed by atoms with Crippen molar-refractivity contribution in [3.63, 3.8) is 0 Å². The number of fused-ring (bicyclic) bond motifs is 2.